The van der Waals surface area contributed by atoms with E-state index in [1.807, 2.05) is 55.6 Å². The molecule has 4 atom stereocenters. The van der Waals surface area contributed by atoms with E-state index < -0.39 is 23.3 Å². The van der Waals surface area contributed by atoms with Crippen LogP contribution in [-0.2, 0) is 19.1 Å². The molecule has 0 aromatic heterocycles. The molecule has 0 radical (unpaired) electrons. The molecule has 6 nitrogen and oxygen atoms in total. The standard InChI is InChI=1S/C23H24N2O4/c1-13-8-10-16(11-9-13)25-20(26)17-18(21(25)27)23(3,22(28)29-4)24-19(17)15-7-5-6-14(2)12-15/h5-12,17-19,24H,1-4H3/p+1/t17-,18-,19-,23+/m0/s1. The van der Waals surface area contributed by atoms with E-state index >= 15 is 0 Å². The van der Waals surface area contributed by atoms with Crippen molar-refractivity contribution >= 4 is 23.5 Å². The van der Waals surface area contributed by atoms with Gasteiger partial charge in [0.15, 0.2) is 0 Å². The van der Waals surface area contributed by atoms with Crippen LogP contribution in [0, 0.1) is 25.7 Å². The first-order valence-corrected chi connectivity index (χ1v) is 9.73. The van der Waals surface area contributed by atoms with Crippen LogP contribution in [0.25, 0.3) is 0 Å². The molecule has 2 fully saturated rings. The average molecular weight is 393 g/mol. The maximum absolute atomic E-state index is 13.5. The summed E-state index contributed by atoms with van der Waals surface area (Å²) < 4.78 is 5.04. The summed E-state index contributed by atoms with van der Waals surface area (Å²) in [6, 6.07) is 14.8. The summed E-state index contributed by atoms with van der Waals surface area (Å²) in [5, 5.41) is 1.84. The zero-order chi connectivity index (χ0) is 20.9. The zero-order valence-electron chi connectivity index (χ0n) is 17.0. The number of imide groups is 1. The predicted molar refractivity (Wildman–Crippen MR) is 107 cm³/mol. The smallest absolute Gasteiger partial charge is 0.368 e. The molecule has 29 heavy (non-hydrogen) atoms. The Bertz CT molecular complexity index is 1000. The second-order valence-corrected chi connectivity index (χ2v) is 8.23. The Morgan fingerprint density at radius 2 is 1.72 bits per heavy atom. The summed E-state index contributed by atoms with van der Waals surface area (Å²) in [7, 11) is 1.31. The Morgan fingerprint density at radius 3 is 2.34 bits per heavy atom. The number of hydrogen-bond acceptors (Lipinski definition) is 4. The summed E-state index contributed by atoms with van der Waals surface area (Å²) in [5.41, 5.74) is 2.40. The number of benzene rings is 2. The van der Waals surface area contributed by atoms with Crippen molar-refractivity contribution in [1.82, 2.24) is 0 Å². The fourth-order valence-corrected chi connectivity index (χ4v) is 4.81. The first kappa shape index (κ1) is 19.3. The number of esters is 1. The highest BCUT2D eigenvalue weighted by Crippen LogP contribution is 2.45. The number of anilines is 1. The van der Waals surface area contributed by atoms with Gasteiger partial charge in [0.05, 0.1) is 12.8 Å². The van der Waals surface area contributed by atoms with Crippen LogP contribution in [0.1, 0.15) is 29.7 Å². The third-order valence-corrected chi connectivity index (χ3v) is 6.25. The fraction of sp³-hybridized carbons (Fsp3) is 0.348. The second kappa shape index (κ2) is 6.81. The average Bonchev–Trinajstić information content (AvgIpc) is 3.16. The minimum atomic E-state index is -1.17. The molecule has 2 aliphatic rings. The van der Waals surface area contributed by atoms with Gasteiger partial charge in [-0.05, 0) is 26.0 Å². The van der Waals surface area contributed by atoms with E-state index in [9.17, 15) is 14.4 Å². The Labute approximate surface area is 169 Å². The summed E-state index contributed by atoms with van der Waals surface area (Å²) in [6.07, 6.45) is 0. The molecule has 2 aliphatic heterocycles. The minimum Gasteiger partial charge on any atom is -0.464 e. The summed E-state index contributed by atoms with van der Waals surface area (Å²) in [4.78, 5) is 40.9. The normalized spacial score (nSPS) is 28.6. The van der Waals surface area contributed by atoms with Gasteiger partial charge in [-0.2, -0.15) is 0 Å². The van der Waals surface area contributed by atoms with Crippen molar-refractivity contribution < 1.29 is 24.4 Å². The van der Waals surface area contributed by atoms with Crippen LogP contribution in [0.5, 0.6) is 0 Å². The van der Waals surface area contributed by atoms with Crippen molar-refractivity contribution in [1.29, 1.82) is 0 Å². The molecule has 0 bridgehead atoms. The third-order valence-electron chi connectivity index (χ3n) is 6.25. The van der Waals surface area contributed by atoms with Crippen molar-refractivity contribution in [3.63, 3.8) is 0 Å². The van der Waals surface area contributed by atoms with Crippen LogP contribution in [0.2, 0.25) is 0 Å². The highest BCUT2D eigenvalue weighted by Gasteiger charge is 2.70. The number of rotatable bonds is 3. The molecule has 2 N–H and O–H groups in total. The summed E-state index contributed by atoms with van der Waals surface area (Å²) in [5.74, 6) is -2.51. The van der Waals surface area contributed by atoms with Gasteiger partial charge >= 0.3 is 5.97 Å². The van der Waals surface area contributed by atoms with Gasteiger partial charge in [0.25, 0.3) is 0 Å². The summed E-state index contributed by atoms with van der Waals surface area (Å²) >= 11 is 0. The van der Waals surface area contributed by atoms with E-state index in [-0.39, 0.29) is 17.9 Å². The topological polar surface area (TPSA) is 80.3 Å². The van der Waals surface area contributed by atoms with E-state index in [1.54, 1.807) is 19.1 Å². The largest absolute Gasteiger partial charge is 0.464 e. The van der Waals surface area contributed by atoms with Crippen molar-refractivity contribution in [2.45, 2.75) is 32.4 Å². The van der Waals surface area contributed by atoms with Crippen LogP contribution >= 0.6 is 0 Å². The number of amides is 2. The highest BCUT2D eigenvalue weighted by atomic mass is 16.5. The number of hydrogen-bond donors (Lipinski definition) is 1. The Morgan fingerprint density at radius 1 is 1.03 bits per heavy atom. The van der Waals surface area contributed by atoms with E-state index in [2.05, 4.69) is 0 Å². The number of quaternary nitrogens is 1. The number of ether oxygens (including phenoxy) is 1. The number of carbonyl (C=O) groups is 3. The van der Waals surface area contributed by atoms with Crippen LogP contribution in [0.15, 0.2) is 48.5 Å². The molecule has 150 valence electrons. The first-order chi connectivity index (χ1) is 13.8. The lowest BCUT2D eigenvalue weighted by Gasteiger charge is -2.25. The first-order valence-electron chi connectivity index (χ1n) is 9.73. The molecule has 2 amide bonds. The van der Waals surface area contributed by atoms with Crippen LogP contribution in [0.3, 0.4) is 0 Å². The lowest BCUT2D eigenvalue weighted by molar-refractivity contribution is -0.730. The van der Waals surface area contributed by atoms with Crippen molar-refractivity contribution in [3.05, 3.63) is 65.2 Å². The zero-order valence-corrected chi connectivity index (χ0v) is 17.0. The number of nitrogens with two attached hydrogens (primary N) is 1. The molecule has 0 aliphatic carbocycles. The molecule has 0 spiro atoms. The Kier molecular flexibility index (Phi) is 4.54. The maximum atomic E-state index is 13.5. The quantitative estimate of drug-likeness (QED) is 0.635. The van der Waals surface area contributed by atoms with Crippen LogP contribution in [0.4, 0.5) is 5.69 Å². The minimum absolute atomic E-state index is 0.265. The molecular weight excluding hydrogens is 368 g/mol. The van der Waals surface area contributed by atoms with Gasteiger partial charge in [0.1, 0.15) is 17.9 Å². The third kappa shape index (κ3) is 2.86. The van der Waals surface area contributed by atoms with E-state index in [4.69, 9.17) is 4.74 Å². The Balaban J connectivity index is 1.83. The molecule has 4 rings (SSSR count). The number of nitrogens with zero attached hydrogens (tertiary/aromatic N) is 1. The van der Waals surface area contributed by atoms with E-state index in [0.717, 1.165) is 16.7 Å². The van der Waals surface area contributed by atoms with Crippen LogP contribution < -0.4 is 10.2 Å². The van der Waals surface area contributed by atoms with Crippen LogP contribution in [-0.4, -0.2) is 30.4 Å². The molecule has 2 aromatic carbocycles. The van der Waals surface area contributed by atoms with Crippen molar-refractivity contribution in [2.24, 2.45) is 11.8 Å². The number of methoxy groups -OCH3 is 1. The molecule has 0 saturated carbocycles. The molecule has 6 heteroatoms. The van der Waals surface area contributed by atoms with Gasteiger partial charge in [-0.25, -0.2) is 9.69 Å². The lowest BCUT2D eigenvalue weighted by Crippen LogP contribution is -2.97. The predicted octanol–water partition coefficient (Wildman–Crippen LogP) is 1.66. The SMILES string of the molecule is COC(=O)[C@]1(C)[NH2+][C@@H](c2cccc(C)c2)[C@H]2C(=O)N(c3ccc(C)cc3)C(=O)[C@H]21. The lowest BCUT2D eigenvalue weighted by atomic mass is 9.80. The van der Waals surface area contributed by atoms with Gasteiger partial charge in [-0.1, -0.05) is 47.5 Å². The van der Waals surface area contributed by atoms with Gasteiger partial charge in [0.2, 0.25) is 17.4 Å². The van der Waals surface area contributed by atoms with Crippen molar-refractivity contribution in [2.75, 3.05) is 12.0 Å². The van der Waals surface area contributed by atoms with Gasteiger partial charge < -0.3 is 10.1 Å². The summed E-state index contributed by atoms with van der Waals surface area (Å²) in [6.45, 7) is 5.63. The molecule has 2 saturated heterocycles. The molecule has 0 unspecified atom stereocenters. The van der Waals surface area contributed by atoms with Gasteiger partial charge in [-0.3, -0.25) is 9.59 Å². The van der Waals surface area contributed by atoms with E-state index in [1.165, 1.54) is 12.0 Å². The van der Waals surface area contributed by atoms with Gasteiger partial charge in [0, 0.05) is 12.5 Å². The second-order valence-electron chi connectivity index (χ2n) is 8.23. The maximum Gasteiger partial charge on any atom is 0.368 e. The number of fused-ring (bicyclic) bond motifs is 1. The number of aryl methyl sites for hydroxylation is 2. The van der Waals surface area contributed by atoms with Gasteiger partial charge in [-0.15, -0.1) is 0 Å². The number of carbonyl (C=O) groups excluding carboxylic acids is 3. The van der Waals surface area contributed by atoms with E-state index in [0.29, 0.717) is 5.69 Å². The van der Waals surface area contributed by atoms with Crippen molar-refractivity contribution in [3.8, 4) is 0 Å². The Hall–Kier alpha value is -2.99. The highest BCUT2D eigenvalue weighted by molar-refractivity contribution is 6.23. The molecular formula is C23H25N2O4+. The molecule has 2 aromatic rings. The fourth-order valence-electron chi connectivity index (χ4n) is 4.81. The molecule has 2 heterocycles. The monoisotopic (exact) mass is 393 g/mol.